The van der Waals surface area contributed by atoms with Crippen LogP contribution in [0, 0.1) is 0 Å². The Morgan fingerprint density at radius 2 is 1.95 bits per heavy atom. The molecular weight excluding hydrogens is 274 g/mol. The minimum atomic E-state index is -0.262. The van der Waals surface area contributed by atoms with E-state index < -0.39 is 0 Å². The molecule has 0 aromatic heterocycles. The first-order chi connectivity index (χ1) is 10.1. The average Bonchev–Trinajstić information content (AvgIpc) is 2.53. The molecule has 2 rings (SSSR count). The number of carbonyl (C=O) groups is 2. The maximum Gasteiger partial charge on any atom is 0.274 e. The van der Waals surface area contributed by atoms with Crippen LogP contribution in [0.4, 0.5) is 5.69 Å². The van der Waals surface area contributed by atoms with E-state index in [9.17, 15) is 9.59 Å². The molecule has 21 heavy (non-hydrogen) atoms. The lowest BCUT2D eigenvalue weighted by molar-refractivity contribution is -0.121. The third kappa shape index (κ3) is 3.13. The third-order valence-corrected chi connectivity index (χ3v) is 3.21. The quantitative estimate of drug-likeness (QED) is 0.895. The van der Waals surface area contributed by atoms with Gasteiger partial charge in [0, 0.05) is 31.6 Å². The molecule has 112 valence electrons. The molecule has 1 aliphatic heterocycles. The zero-order valence-electron chi connectivity index (χ0n) is 12.2. The molecule has 2 amide bonds. The van der Waals surface area contributed by atoms with Gasteiger partial charge < -0.3 is 14.4 Å². The standard InChI is InChI=1S/C14H17N3O4/c1-17(14(19)10-5-7-13(18)16-15-10)9-4-6-11(20-2)12(8-9)21-3/h4,6,8H,5,7H2,1-3H3,(H,16,18). The fourth-order valence-electron chi connectivity index (χ4n) is 1.97. The highest BCUT2D eigenvalue weighted by Crippen LogP contribution is 2.31. The maximum absolute atomic E-state index is 12.3. The van der Waals surface area contributed by atoms with Gasteiger partial charge in [0.1, 0.15) is 5.71 Å². The topological polar surface area (TPSA) is 80.2 Å². The lowest BCUT2D eigenvalue weighted by Gasteiger charge is -2.21. The minimum Gasteiger partial charge on any atom is -0.493 e. The number of rotatable bonds is 4. The van der Waals surface area contributed by atoms with Gasteiger partial charge in [-0.25, -0.2) is 5.43 Å². The van der Waals surface area contributed by atoms with Crippen LogP contribution in [0.15, 0.2) is 23.3 Å². The van der Waals surface area contributed by atoms with Crippen LogP contribution in [0.2, 0.25) is 0 Å². The van der Waals surface area contributed by atoms with Crippen molar-refractivity contribution in [3.63, 3.8) is 0 Å². The zero-order chi connectivity index (χ0) is 15.4. The second-order valence-electron chi connectivity index (χ2n) is 4.50. The van der Waals surface area contributed by atoms with Gasteiger partial charge >= 0.3 is 0 Å². The van der Waals surface area contributed by atoms with Crippen LogP contribution in [0.3, 0.4) is 0 Å². The zero-order valence-corrected chi connectivity index (χ0v) is 12.2. The first-order valence-electron chi connectivity index (χ1n) is 6.42. The molecule has 0 bridgehead atoms. The summed E-state index contributed by atoms with van der Waals surface area (Å²) in [5.74, 6) is 0.681. The van der Waals surface area contributed by atoms with Crippen LogP contribution in [-0.4, -0.2) is 38.8 Å². The van der Waals surface area contributed by atoms with Gasteiger partial charge in [-0.15, -0.1) is 0 Å². The SMILES string of the molecule is COc1ccc(N(C)C(=O)C2=NNC(=O)CC2)cc1OC. The average molecular weight is 291 g/mol. The van der Waals surface area contributed by atoms with E-state index in [1.807, 2.05) is 0 Å². The molecule has 7 nitrogen and oxygen atoms in total. The smallest absolute Gasteiger partial charge is 0.274 e. The van der Waals surface area contributed by atoms with Crippen molar-refractivity contribution >= 4 is 23.2 Å². The fraction of sp³-hybridized carbons (Fsp3) is 0.357. The van der Waals surface area contributed by atoms with Crippen LogP contribution in [0.25, 0.3) is 0 Å². The Balaban J connectivity index is 2.21. The Bertz CT molecular complexity index is 598. The Morgan fingerprint density at radius 3 is 2.52 bits per heavy atom. The van der Waals surface area contributed by atoms with Crippen molar-refractivity contribution in [2.24, 2.45) is 5.10 Å². The van der Waals surface area contributed by atoms with Gasteiger partial charge in [-0.05, 0) is 12.1 Å². The normalized spacial score (nSPS) is 14.0. The maximum atomic E-state index is 12.3. The van der Waals surface area contributed by atoms with Crippen molar-refractivity contribution in [1.82, 2.24) is 5.43 Å². The molecule has 7 heteroatoms. The molecule has 0 radical (unpaired) electrons. The summed E-state index contributed by atoms with van der Waals surface area (Å²) in [6.45, 7) is 0. The first-order valence-corrected chi connectivity index (χ1v) is 6.42. The Hall–Kier alpha value is -2.57. The van der Waals surface area contributed by atoms with Gasteiger partial charge in [0.25, 0.3) is 5.91 Å². The van der Waals surface area contributed by atoms with Crippen molar-refractivity contribution in [1.29, 1.82) is 0 Å². The van der Waals surface area contributed by atoms with E-state index >= 15 is 0 Å². The Morgan fingerprint density at radius 1 is 1.24 bits per heavy atom. The second-order valence-corrected chi connectivity index (χ2v) is 4.50. The lowest BCUT2D eigenvalue weighted by atomic mass is 10.1. The highest BCUT2D eigenvalue weighted by atomic mass is 16.5. The van der Waals surface area contributed by atoms with Crippen LogP contribution in [0.5, 0.6) is 11.5 Å². The first kappa shape index (κ1) is 14.8. The molecule has 1 aromatic carbocycles. The van der Waals surface area contributed by atoms with E-state index in [1.54, 1.807) is 32.4 Å². The number of hydrogen-bond donors (Lipinski definition) is 1. The summed E-state index contributed by atoms with van der Waals surface area (Å²) >= 11 is 0. The number of ether oxygens (including phenoxy) is 2. The van der Waals surface area contributed by atoms with Gasteiger partial charge in [0.15, 0.2) is 11.5 Å². The molecular formula is C14H17N3O4. The molecule has 1 heterocycles. The number of anilines is 1. The molecule has 1 aliphatic rings. The van der Waals surface area contributed by atoms with Crippen LogP contribution < -0.4 is 19.8 Å². The molecule has 0 spiro atoms. The summed E-state index contributed by atoms with van der Waals surface area (Å²) in [6.07, 6.45) is 0.604. The van der Waals surface area contributed by atoms with Gasteiger partial charge in [-0.2, -0.15) is 5.10 Å². The fourth-order valence-corrected chi connectivity index (χ4v) is 1.97. The summed E-state index contributed by atoms with van der Waals surface area (Å²) in [7, 11) is 4.72. The van der Waals surface area contributed by atoms with Gasteiger partial charge in [0.05, 0.1) is 14.2 Å². The summed E-state index contributed by atoms with van der Waals surface area (Å²) < 4.78 is 10.4. The van der Waals surface area contributed by atoms with Gasteiger partial charge in [-0.1, -0.05) is 0 Å². The number of carbonyl (C=O) groups excluding carboxylic acids is 2. The monoisotopic (exact) mass is 291 g/mol. The van der Waals surface area contributed by atoms with E-state index in [4.69, 9.17) is 9.47 Å². The van der Waals surface area contributed by atoms with Crippen molar-refractivity contribution in [3.8, 4) is 11.5 Å². The number of methoxy groups -OCH3 is 2. The second kappa shape index (κ2) is 6.25. The van der Waals surface area contributed by atoms with Crippen molar-refractivity contribution in [3.05, 3.63) is 18.2 Å². The molecule has 0 saturated carbocycles. The summed E-state index contributed by atoms with van der Waals surface area (Å²) in [5.41, 5.74) is 3.29. The summed E-state index contributed by atoms with van der Waals surface area (Å²) in [4.78, 5) is 24.8. The van der Waals surface area contributed by atoms with E-state index in [0.29, 0.717) is 29.3 Å². The van der Waals surface area contributed by atoms with E-state index in [1.165, 1.54) is 12.0 Å². The minimum absolute atomic E-state index is 0.180. The van der Waals surface area contributed by atoms with E-state index in [-0.39, 0.29) is 18.2 Å². The highest BCUT2D eigenvalue weighted by Gasteiger charge is 2.22. The number of nitrogens with one attached hydrogen (secondary N) is 1. The third-order valence-electron chi connectivity index (χ3n) is 3.21. The summed E-state index contributed by atoms with van der Waals surface area (Å²) in [5, 5.41) is 3.80. The number of amides is 2. The highest BCUT2D eigenvalue weighted by molar-refractivity contribution is 6.44. The van der Waals surface area contributed by atoms with Crippen molar-refractivity contribution < 1.29 is 19.1 Å². The largest absolute Gasteiger partial charge is 0.493 e. The molecule has 1 N–H and O–H groups in total. The number of benzene rings is 1. The lowest BCUT2D eigenvalue weighted by Crippen LogP contribution is -2.38. The van der Waals surface area contributed by atoms with Crippen molar-refractivity contribution in [2.75, 3.05) is 26.2 Å². The predicted molar refractivity (Wildman–Crippen MR) is 77.8 cm³/mol. The Kier molecular flexibility index (Phi) is 4.42. The van der Waals surface area contributed by atoms with Gasteiger partial charge in [-0.3, -0.25) is 9.59 Å². The number of hydrogen-bond acceptors (Lipinski definition) is 5. The number of nitrogens with zero attached hydrogens (tertiary/aromatic N) is 2. The van der Waals surface area contributed by atoms with E-state index in [2.05, 4.69) is 10.5 Å². The molecule has 1 aromatic rings. The Labute approximate surface area is 122 Å². The molecule has 0 aliphatic carbocycles. The molecule has 0 saturated heterocycles. The van der Waals surface area contributed by atoms with Crippen molar-refractivity contribution in [2.45, 2.75) is 12.8 Å². The molecule has 0 atom stereocenters. The number of hydrazone groups is 1. The summed E-state index contributed by atoms with van der Waals surface area (Å²) in [6, 6.07) is 5.18. The van der Waals surface area contributed by atoms with Crippen LogP contribution in [0.1, 0.15) is 12.8 Å². The predicted octanol–water partition coefficient (Wildman–Crippen LogP) is 0.933. The molecule has 0 unspecified atom stereocenters. The van der Waals surface area contributed by atoms with E-state index in [0.717, 1.165) is 0 Å². The van der Waals surface area contributed by atoms with Crippen LogP contribution in [-0.2, 0) is 9.59 Å². The van der Waals surface area contributed by atoms with Crippen LogP contribution >= 0.6 is 0 Å². The molecule has 0 fully saturated rings. The van der Waals surface area contributed by atoms with Gasteiger partial charge in [0.2, 0.25) is 5.91 Å².